The number of hydrogen-bond donors (Lipinski definition) is 1. The molecule has 0 saturated carbocycles. The quantitative estimate of drug-likeness (QED) is 0.585. The fraction of sp³-hybridized carbons (Fsp3) is 0.562. The molecule has 1 heterocycles. The number of carbonyl (C=O) groups excluding carboxylic acids is 1. The van der Waals surface area contributed by atoms with Gasteiger partial charge in [0.15, 0.2) is 0 Å². The lowest BCUT2D eigenvalue weighted by molar-refractivity contribution is -0.124. The first kappa shape index (κ1) is 19.4. The van der Waals surface area contributed by atoms with E-state index in [4.69, 9.17) is 32.7 Å². The third-order valence-electron chi connectivity index (χ3n) is 3.75. The molecule has 1 aromatic carbocycles. The van der Waals surface area contributed by atoms with Crippen LogP contribution in [0.5, 0.6) is 0 Å². The maximum atomic E-state index is 13.7. The van der Waals surface area contributed by atoms with Crippen molar-refractivity contribution in [1.82, 2.24) is 10.2 Å². The van der Waals surface area contributed by atoms with Gasteiger partial charge in [0.2, 0.25) is 5.91 Å². The molecule has 0 radical (unpaired) electrons. The molecule has 5 nitrogen and oxygen atoms in total. The van der Waals surface area contributed by atoms with Crippen molar-refractivity contribution in [3.63, 3.8) is 0 Å². The Morgan fingerprint density at radius 2 is 2.25 bits per heavy atom. The van der Waals surface area contributed by atoms with Gasteiger partial charge in [0.25, 0.3) is 0 Å². The van der Waals surface area contributed by atoms with Crippen LogP contribution in [0.4, 0.5) is 4.39 Å². The third-order valence-corrected chi connectivity index (χ3v) is 4.37. The van der Waals surface area contributed by atoms with Crippen molar-refractivity contribution in [2.75, 3.05) is 46.5 Å². The van der Waals surface area contributed by atoms with Crippen molar-refractivity contribution in [1.29, 1.82) is 0 Å². The molecule has 1 unspecified atom stereocenters. The van der Waals surface area contributed by atoms with Gasteiger partial charge in [0.1, 0.15) is 5.82 Å². The van der Waals surface area contributed by atoms with Gasteiger partial charge in [-0.25, -0.2) is 4.39 Å². The van der Waals surface area contributed by atoms with Gasteiger partial charge in [-0.05, 0) is 18.6 Å². The van der Waals surface area contributed by atoms with Crippen molar-refractivity contribution < 1.29 is 18.7 Å². The first-order chi connectivity index (χ1) is 11.5. The monoisotopic (exact) mass is 378 g/mol. The van der Waals surface area contributed by atoms with Gasteiger partial charge < -0.3 is 14.8 Å². The molecule has 0 aromatic heterocycles. The molecule has 134 valence electrons. The predicted molar refractivity (Wildman–Crippen MR) is 91.1 cm³/mol. The third kappa shape index (κ3) is 5.57. The molecular weight excluding hydrogens is 358 g/mol. The molecule has 24 heavy (non-hydrogen) atoms. The van der Waals surface area contributed by atoms with Gasteiger partial charge in [-0.1, -0.05) is 23.2 Å². The first-order valence-corrected chi connectivity index (χ1v) is 8.51. The Morgan fingerprint density at radius 3 is 3.00 bits per heavy atom. The highest BCUT2D eigenvalue weighted by molar-refractivity contribution is 6.35. The van der Waals surface area contributed by atoms with Crippen LogP contribution in [0.2, 0.25) is 10.0 Å². The Bertz CT molecular complexity index is 574. The maximum Gasteiger partial charge on any atom is 0.234 e. The number of benzene rings is 1. The molecular formula is C16H21Cl2FN2O3. The average Bonchev–Trinajstić information content (AvgIpc) is 2.55. The van der Waals surface area contributed by atoms with Crippen LogP contribution in [-0.2, 0) is 14.3 Å². The lowest BCUT2D eigenvalue weighted by Crippen LogP contribution is -2.44. The van der Waals surface area contributed by atoms with E-state index in [0.717, 1.165) is 6.42 Å². The summed E-state index contributed by atoms with van der Waals surface area (Å²) in [6.07, 6.45) is 0.382. The summed E-state index contributed by atoms with van der Waals surface area (Å²) in [7, 11) is 1.63. The topological polar surface area (TPSA) is 50.8 Å². The minimum atomic E-state index is -0.535. The molecule has 1 aliphatic heterocycles. The standard InChI is InChI=1S/C16H21Cl2FN2O3/c1-23-5-2-3-20-16(22)10-21-4-6-24-15(9-21)11-7-14(19)13(18)8-12(11)17/h7-8,15H,2-6,9-10H2,1H3,(H,20,22). The van der Waals surface area contributed by atoms with E-state index in [2.05, 4.69) is 5.32 Å². The summed E-state index contributed by atoms with van der Waals surface area (Å²) in [6, 6.07) is 2.67. The molecule has 2 rings (SSSR count). The van der Waals surface area contributed by atoms with Crippen LogP contribution < -0.4 is 5.32 Å². The zero-order chi connectivity index (χ0) is 17.5. The van der Waals surface area contributed by atoms with Crippen LogP contribution in [0.3, 0.4) is 0 Å². The summed E-state index contributed by atoms with van der Waals surface area (Å²) >= 11 is 11.9. The summed E-state index contributed by atoms with van der Waals surface area (Å²) < 4.78 is 24.3. The Hall–Kier alpha value is -0.920. The Labute approximate surface area is 151 Å². The fourth-order valence-electron chi connectivity index (χ4n) is 2.52. The Balaban J connectivity index is 1.90. The lowest BCUT2D eigenvalue weighted by atomic mass is 10.1. The molecule has 0 bridgehead atoms. The molecule has 0 spiro atoms. The Kier molecular flexibility index (Phi) is 7.71. The molecule has 1 atom stereocenters. The number of halogens is 3. The number of rotatable bonds is 7. The molecule has 8 heteroatoms. The fourth-order valence-corrected chi connectivity index (χ4v) is 3.03. The molecule has 1 fully saturated rings. The van der Waals surface area contributed by atoms with E-state index in [0.29, 0.717) is 43.4 Å². The molecule has 1 amide bonds. The van der Waals surface area contributed by atoms with Crippen LogP contribution in [-0.4, -0.2) is 57.3 Å². The zero-order valence-electron chi connectivity index (χ0n) is 13.5. The second kappa shape index (κ2) is 9.53. The zero-order valence-corrected chi connectivity index (χ0v) is 15.0. The smallest absolute Gasteiger partial charge is 0.234 e. The normalized spacial score (nSPS) is 18.6. The SMILES string of the molecule is COCCCNC(=O)CN1CCOC(c2cc(F)c(Cl)cc2Cl)C1. The largest absolute Gasteiger partial charge is 0.385 e. The molecule has 1 aliphatic rings. The summed E-state index contributed by atoms with van der Waals surface area (Å²) in [5.41, 5.74) is 0.545. The minimum Gasteiger partial charge on any atom is -0.385 e. The van der Waals surface area contributed by atoms with Crippen LogP contribution >= 0.6 is 23.2 Å². The van der Waals surface area contributed by atoms with Gasteiger partial charge in [0, 0.05) is 43.9 Å². The summed E-state index contributed by atoms with van der Waals surface area (Å²) in [5, 5.41) is 3.18. The van der Waals surface area contributed by atoms with Gasteiger partial charge >= 0.3 is 0 Å². The highest BCUT2D eigenvalue weighted by Gasteiger charge is 2.26. The number of amides is 1. The number of morpholine rings is 1. The van der Waals surface area contributed by atoms with Gasteiger partial charge in [-0.15, -0.1) is 0 Å². The molecule has 1 saturated heterocycles. The van der Waals surface area contributed by atoms with E-state index in [1.807, 2.05) is 4.90 Å². The second-order valence-corrected chi connectivity index (χ2v) is 6.39. The number of nitrogens with zero attached hydrogens (tertiary/aromatic N) is 1. The summed E-state index contributed by atoms with van der Waals surface area (Å²) in [6.45, 7) is 3.00. The number of methoxy groups -OCH3 is 1. The number of hydrogen-bond acceptors (Lipinski definition) is 4. The van der Waals surface area contributed by atoms with Gasteiger partial charge in [-0.2, -0.15) is 0 Å². The van der Waals surface area contributed by atoms with Crippen molar-refractivity contribution in [2.24, 2.45) is 0 Å². The van der Waals surface area contributed by atoms with Gasteiger partial charge in [0.05, 0.1) is 24.3 Å². The van der Waals surface area contributed by atoms with E-state index in [9.17, 15) is 9.18 Å². The van der Waals surface area contributed by atoms with Crippen molar-refractivity contribution in [3.05, 3.63) is 33.6 Å². The van der Waals surface area contributed by atoms with Crippen molar-refractivity contribution in [2.45, 2.75) is 12.5 Å². The van der Waals surface area contributed by atoms with Crippen LogP contribution in [0.15, 0.2) is 12.1 Å². The molecule has 1 N–H and O–H groups in total. The minimum absolute atomic E-state index is 0.0214. The van der Waals surface area contributed by atoms with Crippen LogP contribution in [0.1, 0.15) is 18.1 Å². The molecule has 0 aliphatic carbocycles. The van der Waals surface area contributed by atoms with E-state index in [1.54, 1.807) is 7.11 Å². The van der Waals surface area contributed by atoms with E-state index in [-0.39, 0.29) is 23.6 Å². The van der Waals surface area contributed by atoms with Crippen LogP contribution in [0, 0.1) is 5.82 Å². The second-order valence-electron chi connectivity index (χ2n) is 5.58. The van der Waals surface area contributed by atoms with Crippen LogP contribution in [0.25, 0.3) is 0 Å². The highest BCUT2D eigenvalue weighted by Crippen LogP contribution is 2.32. The van der Waals surface area contributed by atoms with E-state index >= 15 is 0 Å². The first-order valence-electron chi connectivity index (χ1n) is 7.75. The number of ether oxygens (including phenoxy) is 2. The van der Waals surface area contributed by atoms with Gasteiger partial charge in [-0.3, -0.25) is 9.69 Å². The molecule has 1 aromatic rings. The van der Waals surface area contributed by atoms with Crippen molar-refractivity contribution >= 4 is 29.1 Å². The number of carbonyl (C=O) groups is 1. The average molecular weight is 379 g/mol. The summed E-state index contributed by atoms with van der Waals surface area (Å²) in [4.78, 5) is 13.9. The number of nitrogens with one attached hydrogen (secondary N) is 1. The summed E-state index contributed by atoms with van der Waals surface area (Å²) in [5.74, 6) is -0.590. The van der Waals surface area contributed by atoms with E-state index in [1.165, 1.54) is 12.1 Å². The predicted octanol–water partition coefficient (Wildman–Crippen LogP) is 2.66. The van der Waals surface area contributed by atoms with E-state index < -0.39 is 5.82 Å². The van der Waals surface area contributed by atoms with Crippen molar-refractivity contribution in [3.8, 4) is 0 Å². The maximum absolute atomic E-state index is 13.7. The lowest BCUT2D eigenvalue weighted by Gasteiger charge is -2.33. The highest BCUT2D eigenvalue weighted by atomic mass is 35.5. The Morgan fingerprint density at radius 1 is 1.46 bits per heavy atom.